The molecule has 1 saturated carbocycles. The molecule has 0 spiro atoms. The zero-order chi connectivity index (χ0) is 14.1. The van der Waals surface area contributed by atoms with E-state index in [0.29, 0.717) is 17.5 Å². The normalized spacial score (nSPS) is 37.4. The van der Waals surface area contributed by atoms with Crippen molar-refractivity contribution in [1.82, 2.24) is 5.32 Å². The third-order valence-electron chi connectivity index (χ3n) is 5.57. The molecule has 0 aromatic rings. The number of hydrogen-bond donors (Lipinski definition) is 1. The molecule has 1 N–H and O–H groups in total. The molecule has 2 fully saturated rings. The minimum absolute atomic E-state index is 0.146. The number of rotatable bonds is 4. The molecule has 2 heteroatoms. The molecule has 0 radical (unpaired) electrons. The molecule has 2 aliphatic rings. The van der Waals surface area contributed by atoms with Crippen LogP contribution in [0.2, 0.25) is 0 Å². The van der Waals surface area contributed by atoms with Gasteiger partial charge < -0.3 is 10.1 Å². The van der Waals surface area contributed by atoms with Gasteiger partial charge in [-0.05, 0) is 49.9 Å². The summed E-state index contributed by atoms with van der Waals surface area (Å²) < 4.78 is 6.09. The van der Waals surface area contributed by atoms with Crippen LogP contribution in [0.25, 0.3) is 0 Å². The molecule has 0 aromatic heterocycles. The van der Waals surface area contributed by atoms with Crippen molar-refractivity contribution < 1.29 is 4.74 Å². The van der Waals surface area contributed by atoms with Crippen LogP contribution in [-0.4, -0.2) is 24.3 Å². The van der Waals surface area contributed by atoms with Crippen LogP contribution in [-0.2, 0) is 4.74 Å². The minimum atomic E-state index is 0.146. The Balaban J connectivity index is 1.93. The third kappa shape index (κ3) is 3.52. The van der Waals surface area contributed by atoms with Crippen LogP contribution in [0.15, 0.2) is 0 Å². The molecule has 1 aliphatic heterocycles. The highest BCUT2D eigenvalue weighted by atomic mass is 16.5. The second kappa shape index (κ2) is 5.73. The van der Waals surface area contributed by atoms with E-state index in [2.05, 4.69) is 39.9 Å². The quantitative estimate of drug-likeness (QED) is 0.826. The van der Waals surface area contributed by atoms with E-state index in [1.54, 1.807) is 0 Å². The highest BCUT2D eigenvalue weighted by Gasteiger charge is 2.40. The monoisotopic (exact) mass is 267 g/mol. The fraction of sp³-hybridized carbons (Fsp3) is 1.00. The molecule has 3 atom stereocenters. The Bertz CT molecular complexity index is 296. The van der Waals surface area contributed by atoms with Crippen LogP contribution in [0.5, 0.6) is 0 Å². The van der Waals surface area contributed by atoms with Gasteiger partial charge in [0.25, 0.3) is 0 Å². The highest BCUT2D eigenvalue weighted by Crippen LogP contribution is 2.42. The van der Waals surface area contributed by atoms with Gasteiger partial charge in [0, 0.05) is 18.7 Å². The topological polar surface area (TPSA) is 21.3 Å². The van der Waals surface area contributed by atoms with Gasteiger partial charge in [0.15, 0.2) is 0 Å². The number of nitrogens with one attached hydrogen (secondary N) is 1. The molecule has 2 rings (SSSR count). The number of ether oxygens (including phenoxy) is 1. The lowest BCUT2D eigenvalue weighted by Gasteiger charge is -2.41. The van der Waals surface area contributed by atoms with E-state index in [1.165, 1.54) is 25.7 Å². The van der Waals surface area contributed by atoms with Crippen LogP contribution in [0.4, 0.5) is 0 Å². The molecule has 0 aromatic carbocycles. The molecule has 0 bridgehead atoms. The third-order valence-corrected chi connectivity index (χ3v) is 5.57. The Morgan fingerprint density at radius 3 is 2.32 bits per heavy atom. The van der Waals surface area contributed by atoms with Crippen molar-refractivity contribution in [2.75, 3.05) is 6.61 Å². The Labute approximate surface area is 119 Å². The second-order valence-electron chi connectivity index (χ2n) is 7.75. The molecule has 1 heterocycles. The van der Waals surface area contributed by atoms with Crippen LogP contribution >= 0.6 is 0 Å². The van der Waals surface area contributed by atoms with Gasteiger partial charge in [0.1, 0.15) is 0 Å². The van der Waals surface area contributed by atoms with E-state index in [1.807, 2.05) is 0 Å². The lowest BCUT2D eigenvalue weighted by atomic mass is 9.85. The van der Waals surface area contributed by atoms with Gasteiger partial charge in [-0.1, -0.05) is 34.6 Å². The van der Waals surface area contributed by atoms with E-state index in [-0.39, 0.29) is 5.60 Å². The molecular weight excluding hydrogens is 234 g/mol. The van der Waals surface area contributed by atoms with Crippen LogP contribution in [0.3, 0.4) is 0 Å². The van der Waals surface area contributed by atoms with Gasteiger partial charge in [0.2, 0.25) is 0 Å². The summed E-state index contributed by atoms with van der Waals surface area (Å²) in [7, 11) is 0. The van der Waals surface area contributed by atoms with Crippen molar-refractivity contribution in [3.63, 3.8) is 0 Å². The lowest BCUT2D eigenvalue weighted by Crippen LogP contribution is -2.50. The summed E-state index contributed by atoms with van der Waals surface area (Å²) in [4.78, 5) is 0. The van der Waals surface area contributed by atoms with E-state index < -0.39 is 0 Å². The first-order valence-corrected chi connectivity index (χ1v) is 8.30. The first kappa shape index (κ1) is 15.3. The van der Waals surface area contributed by atoms with Crippen molar-refractivity contribution in [3.05, 3.63) is 0 Å². The van der Waals surface area contributed by atoms with E-state index in [4.69, 9.17) is 4.74 Å². The smallest absolute Gasteiger partial charge is 0.0692 e. The second-order valence-corrected chi connectivity index (χ2v) is 7.75. The minimum Gasteiger partial charge on any atom is -0.375 e. The number of hydrogen-bond acceptors (Lipinski definition) is 2. The van der Waals surface area contributed by atoms with Crippen molar-refractivity contribution in [3.8, 4) is 0 Å². The standard InChI is InChI=1S/C17H33NO/c1-6-17(7-2)11-14(8-9-19-17)18-15-12-16(4,5)10-13(15)3/h13-15,18H,6-12H2,1-5H3. The summed E-state index contributed by atoms with van der Waals surface area (Å²) in [5.41, 5.74) is 0.669. The summed E-state index contributed by atoms with van der Waals surface area (Å²) in [6.45, 7) is 12.7. The van der Waals surface area contributed by atoms with E-state index in [0.717, 1.165) is 25.4 Å². The fourth-order valence-electron chi connectivity index (χ4n) is 4.33. The first-order chi connectivity index (χ1) is 8.90. The van der Waals surface area contributed by atoms with Crippen LogP contribution in [0.1, 0.15) is 73.1 Å². The van der Waals surface area contributed by atoms with Crippen molar-refractivity contribution in [1.29, 1.82) is 0 Å². The zero-order valence-electron chi connectivity index (χ0n) is 13.6. The molecule has 3 unspecified atom stereocenters. The van der Waals surface area contributed by atoms with Crippen molar-refractivity contribution in [2.45, 2.75) is 90.8 Å². The maximum Gasteiger partial charge on any atom is 0.0692 e. The van der Waals surface area contributed by atoms with Gasteiger partial charge in [0.05, 0.1) is 5.60 Å². The van der Waals surface area contributed by atoms with Gasteiger partial charge in [-0.3, -0.25) is 0 Å². The molecule has 112 valence electrons. The molecule has 19 heavy (non-hydrogen) atoms. The average molecular weight is 267 g/mol. The fourth-order valence-corrected chi connectivity index (χ4v) is 4.33. The average Bonchev–Trinajstić information content (AvgIpc) is 2.62. The summed E-state index contributed by atoms with van der Waals surface area (Å²) in [6.07, 6.45) is 7.37. The molecule has 1 saturated heterocycles. The predicted octanol–water partition coefficient (Wildman–Crippen LogP) is 4.14. The molecule has 0 amide bonds. The van der Waals surface area contributed by atoms with Gasteiger partial charge in [-0.25, -0.2) is 0 Å². The van der Waals surface area contributed by atoms with Crippen molar-refractivity contribution >= 4 is 0 Å². The van der Waals surface area contributed by atoms with E-state index >= 15 is 0 Å². The SMILES string of the molecule is CCC1(CC)CC(NC2CC(C)(C)CC2C)CCO1. The van der Waals surface area contributed by atoms with Gasteiger partial charge in [-0.15, -0.1) is 0 Å². The van der Waals surface area contributed by atoms with Crippen molar-refractivity contribution in [2.24, 2.45) is 11.3 Å². The van der Waals surface area contributed by atoms with Gasteiger partial charge >= 0.3 is 0 Å². The highest BCUT2D eigenvalue weighted by molar-refractivity contribution is 4.95. The molecule has 1 aliphatic carbocycles. The molecule has 2 nitrogen and oxygen atoms in total. The summed E-state index contributed by atoms with van der Waals surface area (Å²) in [6, 6.07) is 1.37. The maximum absolute atomic E-state index is 6.09. The first-order valence-electron chi connectivity index (χ1n) is 8.30. The maximum atomic E-state index is 6.09. The zero-order valence-corrected chi connectivity index (χ0v) is 13.6. The predicted molar refractivity (Wildman–Crippen MR) is 81.4 cm³/mol. The Morgan fingerprint density at radius 1 is 1.11 bits per heavy atom. The Kier molecular flexibility index (Phi) is 4.62. The lowest BCUT2D eigenvalue weighted by molar-refractivity contribution is -0.0944. The largest absolute Gasteiger partial charge is 0.375 e. The summed E-state index contributed by atoms with van der Waals surface area (Å²) in [5.74, 6) is 0.815. The summed E-state index contributed by atoms with van der Waals surface area (Å²) in [5, 5.41) is 3.97. The molecular formula is C17H33NO. The van der Waals surface area contributed by atoms with Gasteiger partial charge in [-0.2, -0.15) is 0 Å². The summed E-state index contributed by atoms with van der Waals surface area (Å²) >= 11 is 0. The van der Waals surface area contributed by atoms with E-state index in [9.17, 15) is 0 Å². The van der Waals surface area contributed by atoms with Crippen LogP contribution in [0, 0.1) is 11.3 Å². The Morgan fingerprint density at radius 2 is 1.79 bits per heavy atom. The Hall–Kier alpha value is -0.0800. The van der Waals surface area contributed by atoms with Crippen LogP contribution < -0.4 is 5.32 Å².